The summed E-state index contributed by atoms with van der Waals surface area (Å²) in [5.41, 5.74) is 4.03. The summed E-state index contributed by atoms with van der Waals surface area (Å²) in [5, 5.41) is 4.25. The minimum Gasteiger partial charge on any atom is -0.322 e. The summed E-state index contributed by atoms with van der Waals surface area (Å²) in [7, 11) is 0. The normalized spacial score (nSPS) is 14.1. The first-order valence-electron chi connectivity index (χ1n) is 9.51. The summed E-state index contributed by atoms with van der Waals surface area (Å²) in [6, 6.07) is 7.70. The molecule has 0 aliphatic heterocycles. The molecule has 0 radical (unpaired) electrons. The standard InChI is InChI=1S/C22H20ClF6N3/c1-20(2,19(30)17-5-6-31-18-10-15(23)3-4-16(17)18)32-11-12-7-13(21(24,25)26)9-14(8-12)22(27,28)29/h3-10,19,32H,11,30H2,1-2H3. The van der Waals surface area contributed by atoms with Crippen molar-refractivity contribution in [2.75, 3.05) is 0 Å². The van der Waals surface area contributed by atoms with Crippen LogP contribution < -0.4 is 11.1 Å². The van der Waals surface area contributed by atoms with E-state index < -0.39 is 35.1 Å². The smallest absolute Gasteiger partial charge is 0.322 e. The van der Waals surface area contributed by atoms with Gasteiger partial charge in [0, 0.05) is 34.7 Å². The molecular weight excluding hydrogens is 456 g/mol. The van der Waals surface area contributed by atoms with Crippen molar-refractivity contribution in [3.05, 3.63) is 75.9 Å². The highest BCUT2D eigenvalue weighted by Gasteiger charge is 2.37. The van der Waals surface area contributed by atoms with Crippen LogP contribution in [0.3, 0.4) is 0 Å². The van der Waals surface area contributed by atoms with Crippen molar-refractivity contribution in [3.63, 3.8) is 0 Å². The van der Waals surface area contributed by atoms with Crippen LogP contribution in [0.2, 0.25) is 5.02 Å². The van der Waals surface area contributed by atoms with Gasteiger partial charge in [-0.15, -0.1) is 0 Å². The number of alkyl halides is 6. The lowest BCUT2D eigenvalue weighted by Gasteiger charge is -2.34. The van der Waals surface area contributed by atoms with E-state index >= 15 is 0 Å². The minimum absolute atomic E-state index is 0.106. The van der Waals surface area contributed by atoms with Gasteiger partial charge >= 0.3 is 12.4 Å². The number of benzene rings is 2. The average molecular weight is 476 g/mol. The van der Waals surface area contributed by atoms with Gasteiger partial charge in [0.25, 0.3) is 0 Å². The van der Waals surface area contributed by atoms with E-state index in [-0.39, 0.29) is 18.2 Å². The Bertz CT molecular complexity index is 1090. The fraction of sp³-hybridized carbons (Fsp3) is 0.318. The molecule has 3 N–H and O–H groups in total. The molecule has 0 saturated heterocycles. The van der Waals surface area contributed by atoms with E-state index in [2.05, 4.69) is 10.3 Å². The molecule has 0 saturated carbocycles. The van der Waals surface area contributed by atoms with E-state index in [0.29, 0.717) is 28.2 Å². The monoisotopic (exact) mass is 475 g/mol. The second-order valence-electron chi connectivity index (χ2n) is 8.03. The first-order chi connectivity index (χ1) is 14.7. The van der Waals surface area contributed by atoms with Gasteiger partial charge in [0.2, 0.25) is 0 Å². The Kier molecular flexibility index (Phi) is 6.48. The van der Waals surface area contributed by atoms with E-state index in [4.69, 9.17) is 17.3 Å². The van der Waals surface area contributed by atoms with Crippen molar-refractivity contribution < 1.29 is 26.3 Å². The fourth-order valence-corrected chi connectivity index (χ4v) is 3.53. The van der Waals surface area contributed by atoms with Crippen LogP contribution in [0.5, 0.6) is 0 Å². The molecule has 0 bridgehead atoms. The van der Waals surface area contributed by atoms with Gasteiger partial charge in [0.1, 0.15) is 0 Å². The van der Waals surface area contributed by atoms with Gasteiger partial charge in [-0.25, -0.2) is 0 Å². The molecule has 1 unspecified atom stereocenters. The van der Waals surface area contributed by atoms with Crippen LogP contribution in [-0.4, -0.2) is 10.5 Å². The maximum atomic E-state index is 13.1. The van der Waals surface area contributed by atoms with Crippen LogP contribution in [0, 0.1) is 0 Å². The third kappa shape index (κ3) is 5.33. The van der Waals surface area contributed by atoms with Crippen LogP contribution in [0.4, 0.5) is 26.3 Å². The van der Waals surface area contributed by atoms with Crippen LogP contribution in [0.1, 0.15) is 42.1 Å². The van der Waals surface area contributed by atoms with Gasteiger partial charge < -0.3 is 11.1 Å². The van der Waals surface area contributed by atoms with Gasteiger partial charge in [0.15, 0.2) is 0 Å². The molecule has 0 aliphatic carbocycles. The minimum atomic E-state index is -4.90. The van der Waals surface area contributed by atoms with Crippen LogP contribution >= 0.6 is 11.6 Å². The van der Waals surface area contributed by atoms with Crippen LogP contribution in [-0.2, 0) is 18.9 Å². The molecule has 0 amide bonds. The number of rotatable bonds is 5. The molecule has 1 aromatic heterocycles. The first-order valence-corrected chi connectivity index (χ1v) is 9.89. The quantitative estimate of drug-likeness (QED) is 0.414. The molecule has 10 heteroatoms. The molecule has 172 valence electrons. The van der Waals surface area contributed by atoms with E-state index in [1.807, 2.05) is 0 Å². The van der Waals surface area contributed by atoms with Gasteiger partial charge in [-0.2, -0.15) is 26.3 Å². The SMILES string of the molecule is CC(C)(NCc1cc(C(F)(F)F)cc(C(F)(F)F)c1)C(N)c1ccnc2cc(Cl)ccc12. The number of halogens is 7. The van der Waals surface area contributed by atoms with Crippen LogP contribution in [0.15, 0.2) is 48.7 Å². The second kappa shape index (κ2) is 8.53. The number of nitrogens with two attached hydrogens (primary N) is 1. The molecular formula is C22H20ClF6N3. The van der Waals surface area contributed by atoms with Crippen molar-refractivity contribution in [3.8, 4) is 0 Å². The van der Waals surface area contributed by atoms with Crippen molar-refractivity contribution >= 4 is 22.5 Å². The number of nitrogens with zero attached hydrogens (tertiary/aromatic N) is 1. The van der Waals surface area contributed by atoms with Crippen molar-refractivity contribution in [1.29, 1.82) is 0 Å². The number of fused-ring (bicyclic) bond motifs is 1. The zero-order chi connectivity index (χ0) is 23.9. The first kappa shape index (κ1) is 24.3. The van der Waals surface area contributed by atoms with E-state index in [1.54, 1.807) is 44.3 Å². The van der Waals surface area contributed by atoms with Crippen molar-refractivity contribution in [1.82, 2.24) is 10.3 Å². The maximum absolute atomic E-state index is 13.1. The molecule has 3 nitrogen and oxygen atoms in total. The highest BCUT2D eigenvalue weighted by Crippen LogP contribution is 2.37. The van der Waals surface area contributed by atoms with Gasteiger partial charge in [-0.3, -0.25) is 4.98 Å². The second-order valence-corrected chi connectivity index (χ2v) is 8.47. The molecule has 32 heavy (non-hydrogen) atoms. The zero-order valence-corrected chi connectivity index (χ0v) is 17.8. The highest BCUT2D eigenvalue weighted by molar-refractivity contribution is 6.31. The summed E-state index contributed by atoms with van der Waals surface area (Å²) in [6.45, 7) is 3.19. The summed E-state index contributed by atoms with van der Waals surface area (Å²) < 4.78 is 78.7. The number of nitrogens with one attached hydrogen (secondary N) is 1. The molecule has 0 spiro atoms. The van der Waals surface area contributed by atoms with Gasteiger partial charge in [-0.1, -0.05) is 17.7 Å². The van der Waals surface area contributed by atoms with E-state index in [9.17, 15) is 26.3 Å². The number of hydrogen-bond acceptors (Lipinski definition) is 3. The largest absolute Gasteiger partial charge is 0.416 e. The highest BCUT2D eigenvalue weighted by atomic mass is 35.5. The molecule has 3 rings (SSSR count). The Morgan fingerprint density at radius 1 is 0.938 bits per heavy atom. The predicted molar refractivity (Wildman–Crippen MR) is 111 cm³/mol. The molecule has 1 atom stereocenters. The molecule has 1 heterocycles. The van der Waals surface area contributed by atoms with Crippen molar-refractivity contribution in [2.24, 2.45) is 5.73 Å². The van der Waals surface area contributed by atoms with E-state index in [0.717, 1.165) is 5.39 Å². The van der Waals surface area contributed by atoms with E-state index in [1.165, 1.54) is 0 Å². The summed E-state index contributed by atoms with van der Waals surface area (Å²) >= 11 is 6.00. The summed E-state index contributed by atoms with van der Waals surface area (Å²) in [5.74, 6) is 0. The number of aromatic nitrogens is 1. The Balaban J connectivity index is 1.89. The summed E-state index contributed by atoms with van der Waals surface area (Å²) in [6.07, 6.45) is -8.25. The third-order valence-corrected chi connectivity index (χ3v) is 5.48. The molecule has 0 aliphatic rings. The fourth-order valence-electron chi connectivity index (χ4n) is 3.36. The lowest BCUT2D eigenvalue weighted by molar-refractivity contribution is -0.143. The topological polar surface area (TPSA) is 50.9 Å². The zero-order valence-electron chi connectivity index (χ0n) is 17.1. The van der Waals surface area contributed by atoms with Crippen molar-refractivity contribution in [2.45, 2.75) is 44.3 Å². The lowest BCUT2D eigenvalue weighted by Crippen LogP contribution is -2.48. The Labute approximate surface area is 185 Å². The summed E-state index contributed by atoms with van der Waals surface area (Å²) in [4.78, 5) is 4.25. The molecule has 0 fully saturated rings. The predicted octanol–water partition coefficient (Wildman–Crippen LogP) is 6.49. The lowest BCUT2D eigenvalue weighted by atomic mass is 9.87. The van der Waals surface area contributed by atoms with Gasteiger partial charge in [0.05, 0.1) is 16.6 Å². The number of hydrogen-bond donors (Lipinski definition) is 2. The molecule has 3 aromatic rings. The van der Waals surface area contributed by atoms with Gasteiger partial charge in [-0.05, 0) is 61.4 Å². The Morgan fingerprint density at radius 3 is 2.09 bits per heavy atom. The number of pyridine rings is 1. The molecule has 2 aromatic carbocycles. The Morgan fingerprint density at radius 2 is 1.53 bits per heavy atom. The average Bonchev–Trinajstić information content (AvgIpc) is 2.69. The third-order valence-electron chi connectivity index (χ3n) is 5.25. The Hall–Kier alpha value is -2.36. The van der Waals surface area contributed by atoms with Crippen LogP contribution in [0.25, 0.3) is 10.9 Å². The maximum Gasteiger partial charge on any atom is 0.416 e.